The minimum atomic E-state index is 0.0136. The van der Waals surface area contributed by atoms with Crippen molar-refractivity contribution in [3.63, 3.8) is 0 Å². The Morgan fingerprint density at radius 3 is 2.74 bits per heavy atom. The van der Waals surface area contributed by atoms with Gasteiger partial charge in [-0.25, -0.2) is 0 Å². The first kappa shape index (κ1) is 18.6. The van der Waals surface area contributed by atoms with Crippen molar-refractivity contribution in [2.75, 3.05) is 13.7 Å². The molecule has 142 valence electrons. The van der Waals surface area contributed by atoms with E-state index in [4.69, 9.17) is 9.26 Å². The lowest BCUT2D eigenvalue weighted by molar-refractivity contribution is -0.130. The van der Waals surface area contributed by atoms with Crippen LogP contribution in [-0.2, 0) is 24.8 Å². The zero-order valence-corrected chi connectivity index (χ0v) is 15.8. The monoisotopic (exact) mass is 369 g/mol. The van der Waals surface area contributed by atoms with E-state index in [9.17, 15) is 4.79 Å². The Labute approximate surface area is 157 Å². The molecule has 27 heavy (non-hydrogen) atoms. The number of ether oxygens (including phenoxy) is 1. The standard InChI is InChI=1S/C19H23N5O3/c1-4-26-16-7-5-15(6-8-16)19-21-17(27-22-19)9-10-18(25)23(2)12-14-11-20-24(3)13-14/h5-8,11,13H,4,9-10,12H2,1-3H3. The van der Waals surface area contributed by atoms with Gasteiger partial charge in [0.25, 0.3) is 0 Å². The summed E-state index contributed by atoms with van der Waals surface area (Å²) in [7, 11) is 3.62. The fourth-order valence-corrected chi connectivity index (χ4v) is 2.66. The van der Waals surface area contributed by atoms with Gasteiger partial charge in [0.2, 0.25) is 17.6 Å². The van der Waals surface area contributed by atoms with Crippen LogP contribution in [0.25, 0.3) is 11.4 Å². The van der Waals surface area contributed by atoms with E-state index in [1.807, 2.05) is 44.4 Å². The average Bonchev–Trinajstić information content (AvgIpc) is 3.29. The maximum atomic E-state index is 12.3. The molecule has 0 N–H and O–H groups in total. The van der Waals surface area contributed by atoms with Gasteiger partial charge in [-0.05, 0) is 31.2 Å². The van der Waals surface area contributed by atoms with Gasteiger partial charge in [0.05, 0.1) is 12.8 Å². The minimum absolute atomic E-state index is 0.0136. The van der Waals surface area contributed by atoms with Crippen LogP contribution in [0.4, 0.5) is 0 Å². The van der Waals surface area contributed by atoms with Crippen LogP contribution in [-0.4, -0.2) is 44.4 Å². The van der Waals surface area contributed by atoms with Gasteiger partial charge >= 0.3 is 0 Å². The zero-order valence-electron chi connectivity index (χ0n) is 15.8. The van der Waals surface area contributed by atoms with E-state index in [-0.39, 0.29) is 5.91 Å². The number of amides is 1. The molecule has 0 saturated carbocycles. The number of aromatic nitrogens is 4. The number of hydrogen-bond donors (Lipinski definition) is 0. The molecule has 0 bridgehead atoms. The predicted octanol–water partition coefficient (Wildman–Crippen LogP) is 2.46. The molecule has 1 amide bonds. The molecule has 2 aromatic heterocycles. The third-order valence-electron chi connectivity index (χ3n) is 4.05. The molecular weight excluding hydrogens is 346 g/mol. The lowest BCUT2D eigenvalue weighted by Gasteiger charge is -2.15. The Morgan fingerprint density at radius 2 is 2.07 bits per heavy atom. The first-order valence-electron chi connectivity index (χ1n) is 8.82. The minimum Gasteiger partial charge on any atom is -0.494 e. The number of nitrogens with zero attached hydrogens (tertiary/aromatic N) is 5. The molecule has 1 aromatic carbocycles. The molecule has 0 spiro atoms. The van der Waals surface area contributed by atoms with Crippen LogP contribution in [0.2, 0.25) is 0 Å². The molecule has 3 rings (SSSR count). The molecule has 8 nitrogen and oxygen atoms in total. The van der Waals surface area contributed by atoms with Gasteiger partial charge in [0.1, 0.15) is 5.75 Å². The van der Waals surface area contributed by atoms with E-state index in [2.05, 4.69) is 15.2 Å². The Bertz CT molecular complexity index is 885. The lowest BCUT2D eigenvalue weighted by Crippen LogP contribution is -2.26. The van der Waals surface area contributed by atoms with Crippen molar-refractivity contribution >= 4 is 5.91 Å². The van der Waals surface area contributed by atoms with Crippen molar-refractivity contribution in [3.8, 4) is 17.1 Å². The fourth-order valence-electron chi connectivity index (χ4n) is 2.66. The molecular formula is C19H23N5O3. The summed E-state index contributed by atoms with van der Waals surface area (Å²) >= 11 is 0. The van der Waals surface area contributed by atoms with Crippen LogP contribution >= 0.6 is 0 Å². The molecule has 0 saturated heterocycles. The van der Waals surface area contributed by atoms with Crippen LogP contribution in [0.3, 0.4) is 0 Å². The van der Waals surface area contributed by atoms with Crippen LogP contribution < -0.4 is 4.74 Å². The predicted molar refractivity (Wildman–Crippen MR) is 98.9 cm³/mol. The number of carbonyl (C=O) groups is 1. The smallest absolute Gasteiger partial charge is 0.227 e. The second kappa shape index (κ2) is 8.48. The lowest BCUT2D eigenvalue weighted by atomic mass is 10.2. The van der Waals surface area contributed by atoms with Crippen LogP contribution in [0.15, 0.2) is 41.2 Å². The first-order valence-corrected chi connectivity index (χ1v) is 8.82. The van der Waals surface area contributed by atoms with Crippen LogP contribution in [0.1, 0.15) is 24.8 Å². The van der Waals surface area contributed by atoms with E-state index in [0.717, 1.165) is 16.9 Å². The van der Waals surface area contributed by atoms with E-state index in [1.165, 1.54) is 0 Å². The van der Waals surface area contributed by atoms with Gasteiger partial charge in [0, 0.05) is 50.8 Å². The number of carbonyl (C=O) groups excluding carboxylic acids is 1. The van der Waals surface area contributed by atoms with Crippen molar-refractivity contribution in [2.45, 2.75) is 26.3 Å². The summed E-state index contributed by atoms with van der Waals surface area (Å²) in [6.45, 7) is 3.08. The Balaban J connectivity index is 1.53. The van der Waals surface area contributed by atoms with E-state index in [1.54, 1.807) is 22.8 Å². The summed E-state index contributed by atoms with van der Waals surface area (Å²) in [4.78, 5) is 18.3. The van der Waals surface area contributed by atoms with Gasteiger partial charge in [-0.15, -0.1) is 0 Å². The van der Waals surface area contributed by atoms with Gasteiger partial charge in [-0.2, -0.15) is 10.1 Å². The molecule has 0 aliphatic rings. The molecule has 0 atom stereocenters. The Hall–Kier alpha value is -3.16. The highest BCUT2D eigenvalue weighted by molar-refractivity contribution is 5.76. The van der Waals surface area contributed by atoms with E-state index in [0.29, 0.717) is 37.7 Å². The zero-order chi connectivity index (χ0) is 19.2. The van der Waals surface area contributed by atoms with Crippen molar-refractivity contribution in [3.05, 3.63) is 48.1 Å². The molecule has 8 heteroatoms. The second-order valence-corrected chi connectivity index (χ2v) is 6.24. The van der Waals surface area contributed by atoms with Crippen molar-refractivity contribution < 1.29 is 14.1 Å². The molecule has 2 heterocycles. The van der Waals surface area contributed by atoms with Gasteiger partial charge in [0.15, 0.2) is 0 Å². The van der Waals surface area contributed by atoms with Gasteiger partial charge in [-0.1, -0.05) is 5.16 Å². The summed E-state index contributed by atoms with van der Waals surface area (Å²) in [6.07, 6.45) is 4.36. The molecule has 0 unspecified atom stereocenters. The highest BCUT2D eigenvalue weighted by atomic mass is 16.5. The highest BCUT2D eigenvalue weighted by Gasteiger charge is 2.14. The Kier molecular flexibility index (Phi) is 5.85. The summed E-state index contributed by atoms with van der Waals surface area (Å²) in [6, 6.07) is 7.50. The number of rotatable bonds is 8. The number of hydrogen-bond acceptors (Lipinski definition) is 6. The molecule has 0 radical (unpaired) electrons. The maximum Gasteiger partial charge on any atom is 0.227 e. The quantitative estimate of drug-likeness (QED) is 0.606. The fraction of sp³-hybridized carbons (Fsp3) is 0.368. The highest BCUT2D eigenvalue weighted by Crippen LogP contribution is 2.20. The van der Waals surface area contributed by atoms with Crippen molar-refractivity contribution in [1.82, 2.24) is 24.8 Å². The second-order valence-electron chi connectivity index (χ2n) is 6.24. The maximum absolute atomic E-state index is 12.3. The van der Waals surface area contributed by atoms with Crippen molar-refractivity contribution in [2.24, 2.45) is 7.05 Å². The topological polar surface area (TPSA) is 86.3 Å². The van der Waals surface area contributed by atoms with Crippen molar-refractivity contribution in [1.29, 1.82) is 0 Å². The molecule has 3 aromatic rings. The van der Waals surface area contributed by atoms with Crippen LogP contribution in [0.5, 0.6) is 5.75 Å². The number of aryl methyl sites for hydroxylation is 2. The SMILES string of the molecule is CCOc1ccc(-c2noc(CCC(=O)N(C)Cc3cnn(C)c3)n2)cc1. The van der Waals surface area contributed by atoms with Crippen LogP contribution in [0, 0.1) is 0 Å². The third kappa shape index (κ3) is 4.93. The molecule has 0 aliphatic carbocycles. The summed E-state index contributed by atoms with van der Waals surface area (Å²) in [5.41, 5.74) is 1.83. The molecule has 0 aliphatic heterocycles. The summed E-state index contributed by atoms with van der Waals surface area (Å²) in [5, 5.41) is 8.10. The first-order chi connectivity index (χ1) is 13.0. The van der Waals surface area contributed by atoms with Gasteiger partial charge in [-0.3, -0.25) is 9.48 Å². The van der Waals surface area contributed by atoms with Gasteiger partial charge < -0.3 is 14.2 Å². The summed E-state index contributed by atoms with van der Waals surface area (Å²) < 4.78 is 12.4. The molecule has 0 fully saturated rings. The normalized spacial score (nSPS) is 10.8. The largest absolute Gasteiger partial charge is 0.494 e. The third-order valence-corrected chi connectivity index (χ3v) is 4.05. The van der Waals surface area contributed by atoms with E-state index < -0.39 is 0 Å². The average molecular weight is 369 g/mol. The Morgan fingerprint density at radius 1 is 1.30 bits per heavy atom. The van der Waals surface area contributed by atoms with E-state index >= 15 is 0 Å². The number of benzene rings is 1. The summed E-state index contributed by atoms with van der Waals surface area (Å²) in [5.74, 6) is 1.76.